The van der Waals surface area contributed by atoms with Crippen LogP contribution < -0.4 is 10.6 Å². The second-order valence-corrected chi connectivity index (χ2v) is 4.60. The summed E-state index contributed by atoms with van der Waals surface area (Å²) in [5, 5.41) is 0. The van der Waals surface area contributed by atoms with Gasteiger partial charge in [-0.15, -0.1) is 0 Å². The van der Waals surface area contributed by atoms with Crippen molar-refractivity contribution in [1.29, 1.82) is 0 Å². The number of benzene rings is 1. The van der Waals surface area contributed by atoms with Gasteiger partial charge in [0.05, 0.1) is 11.4 Å². The third kappa shape index (κ3) is 2.87. The smallest absolute Gasteiger partial charge is 0.263 e. The average molecular weight is 240 g/mol. The van der Waals surface area contributed by atoms with E-state index in [1.807, 2.05) is 0 Å². The summed E-state index contributed by atoms with van der Waals surface area (Å²) >= 11 is 0. The lowest BCUT2D eigenvalue weighted by molar-refractivity contribution is 0.151. The van der Waals surface area contributed by atoms with Gasteiger partial charge >= 0.3 is 0 Å². The molecule has 4 heteroatoms. The zero-order valence-electron chi connectivity index (χ0n) is 10.00. The summed E-state index contributed by atoms with van der Waals surface area (Å²) in [6.07, 6.45) is 0.0849. The molecule has 1 aromatic carbocycles. The maximum absolute atomic E-state index is 12.5. The quantitative estimate of drug-likeness (QED) is 0.799. The number of nitrogen functional groups attached to an aromatic ring is 1. The van der Waals surface area contributed by atoms with Crippen LogP contribution >= 0.6 is 0 Å². The van der Waals surface area contributed by atoms with Gasteiger partial charge in [-0.05, 0) is 37.8 Å². The normalized spacial score (nSPS) is 15.3. The number of alkyl halides is 2. The van der Waals surface area contributed by atoms with Gasteiger partial charge in [-0.25, -0.2) is 8.78 Å². The molecule has 0 atom stereocenters. The number of hydrogen-bond donors (Lipinski definition) is 1. The van der Waals surface area contributed by atoms with Crippen molar-refractivity contribution in [1.82, 2.24) is 0 Å². The molecule has 1 aliphatic carbocycles. The van der Waals surface area contributed by atoms with Crippen molar-refractivity contribution >= 4 is 11.4 Å². The molecule has 0 aliphatic heterocycles. The van der Waals surface area contributed by atoms with E-state index in [9.17, 15) is 8.78 Å². The van der Waals surface area contributed by atoms with Gasteiger partial charge in [-0.3, -0.25) is 0 Å². The Hall–Kier alpha value is -1.32. The number of hydrogen-bond acceptors (Lipinski definition) is 2. The lowest BCUT2D eigenvalue weighted by Crippen LogP contribution is -2.26. The third-order valence-corrected chi connectivity index (χ3v) is 3.20. The van der Waals surface area contributed by atoms with Gasteiger partial charge < -0.3 is 10.6 Å². The van der Waals surface area contributed by atoms with E-state index in [4.69, 9.17) is 5.73 Å². The highest BCUT2D eigenvalue weighted by Gasteiger charge is 2.24. The number of nitrogens with two attached hydrogens (primary N) is 1. The lowest BCUT2D eigenvalue weighted by Gasteiger charge is -2.25. The van der Waals surface area contributed by atoms with E-state index in [0.717, 1.165) is 24.7 Å². The summed E-state index contributed by atoms with van der Waals surface area (Å²) in [7, 11) is 0. The monoisotopic (exact) mass is 240 g/mol. The zero-order valence-corrected chi connectivity index (χ0v) is 10.00. The summed E-state index contributed by atoms with van der Waals surface area (Å²) in [6, 6.07) is 4.56. The van der Waals surface area contributed by atoms with Crippen molar-refractivity contribution in [2.24, 2.45) is 5.92 Å². The maximum atomic E-state index is 12.5. The van der Waals surface area contributed by atoms with Crippen molar-refractivity contribution < 1.29 is 8.78 Å². The fourth-order valence-corrected chi connectivity index (χ4v) is 2.01. The van der Waals surface area contributed by atoms with E-state index in [0.29, 0.717) is 5.69 Å². The number of rotatable bonds is 5. The van der Waals surface area contributed by atoms with Crippen LogP contribution in [-0.4, -0.2) is 13.1 Å². The fourth-order valence-electron chi connectivity index (χ4n) is 2.01. The van der Waals surface area contributed by atoms with Gasteiger partial charge in [0.25, 0.3) is 6.43 Å². The van der Waals surface area contributed by atoms with E-state index in [-0.39, 0.29) is 5.56 Å². The SMILES string of the molecule is CCN(CC1CC1)c1ccc(C(F)F)cc1N. The molecule has 0 aromatic heterocycles. The second kappa shape index (κ2) is 4.90. The van der Waals surface area contributed by atoms with Gasteiger partial charge in [0.15, 0.2) is 0 Å². The van der Waals surface area contributed by atoms with E-state index < -0.39 is 6.43 Å². The summed E-state index contributed by atoms with van der Waals surface area (Å²) in [5.41, 5.74) is 7.18. The molecule has 1 aromatic rings. The van der Waals surface area contributed by atoms with Gasteiger partial charge in [-0.2, -0.15) is 0 Å². The van der Waals surface area contributed by atoms with Crippen LogP contribution in [-0.2, 0) is 0 Å². The maximum Gasteiger partial charge on any atom is 0.263 e. The second-order valence-electron chi connectivity index (χ2n) is 4.60. The first-order chi connectivity index (χ1) is 8.11. The highest BCUT2D eigenvalue weighted by molar-refractivity contribution is 5.68. The Morgan fingerprint density at radius 3 is 2.59 bits per heavy atom. The summed E-state index contributed by atoms with van der Waals surface area (Å²) in [5.74, 6) is 0.754. The van der Waals surface area contributed by atoms with E-state index >= 15 is 0 Å². The van der Waals surface area contributed by atoms with Crippen LogP contribution in [0.25, 0.3) is 0 Å². The highest BCUT2D eigenvalue weighted by atomic mass is 19.3. The average Bonchev–Trinajstić information content (AvgIpc) is 3.10. The minimum atomic E-state index is -2.45. The van der Waals surface area contributed by atoms with Crippen LogP contribution in [0.2, 0.25) is 0 Å². The molecule has 0 radical (unpaired) electrons. The van der Waals surface area contributed by atoms with Crippen molar-refractivity contribution in [2.45, 2.75) is 26.2 Å². The van der Waals surface area contributed by atoms with Crippen molar-refractivity contribution in [3.8, 4) is 0 Å². The van der Waals surface area contributed by atoms with Gasteiger partial charge in [-0.1, -0.05) is 6.07 Å². The molecule has 0 bridgehead atoms. The molecule has 0 spiro atoms. The number of nitrogens with zero attached hydrogens (tertiary/aromatic N) is 1. The zero-order chi connectivity index (χ0) is 12.4. The van der Waals surface area contributed by atoms with Gasteiger partial charge in [0.2, 0.25) is 0 Å². The minimum absolute atomic E-state index is 0.00581. The van der Waals surface area contributed by atoms with E-state index in [1.54, 1.807) is 6.07 Å². The molecule has 0 amide bonds. The standard InChI is InChI=1S/C13H18F2N2/c1-2-17(8-9-3-4-9)12-6-5-10(13(14)15)7-11(12)16/h5-7,9,13H,2-4,8,16H2,1H3. The molecular weight excluding hydrogens is 222 g/mol. The molecule has 2 rings (SSSR count). The Labute approximate surface area is 100 Å². The van der Waals surface area contributed by atoms with Crippen molar-refractivity contribution in [3.63, 3.8) is 0 Å². The van der Waals surface area contributed by atoms with Crippen LogP contribution in [0.15, 0.2) is 18.2 Å². The first kappa shape index (κ1) is 12.1. The van der Waals surface area contributed by atoms with Crippen LogP contribution in [0.4, 0.5) is 20.2 Å². The first-order valence-electron chi connectivity index (χ1n) is 6.04. The van der Waals surface area contributed by atoms with Crippen molar-refractivity contribution in [3.05, 3.63) is 23.8 Å². The lowest BCUT2D eigenvalue weighted by atomic mass is 10.1. The first-order valence-corrected chi connectivity index (χ1v) is 6.04. The molecule has 1 fully saturated rings. The molecule has 94 valence electrons. The predicted molar refractivity (Wildman–Crippen MR) is 66.4 cm³/mol. The third-order valence-electron chi connectivity index (χ3n) is 3.20. The molecular formula is C13H18F2N2. The van der Waals surface area contributed by atoms with Crippen molar-refractivity contribution in [2.75, 3.05) is 23.7 Å². The summed E-state index contributed by atoms with van der Waals surface area (Å²) < 4.78 is 25.0. The molecule has 2 N–H and O–H groups in total. The highest BCUT2D eigenvalue weighted by Crippen LogP contribution is 2.34. The number of halogens is 2. The van der Waals surface area contributed by atoms with Gasteiger partial charge in [0, 0.05) is 18.7 Å². The summed E-state index contributed by atoms with van der Waals surface area (Å²) in [4.78, 5) is 2.17. The van der Waals surface area contributed by atoms with Crippen LogP contribution in [0.5, 0.6) is 0 Å². The molecule has 0 heterocycles. The van der Waals surface area contributed by atoms with Crippen LogP contribution in [0, 0.1) is 5.92 Å². The van der Waals surface area contributed by atoms with E-state index in [2.05, 4.69) is 11.8 Å². The predicted octanol–water partition coefficient (Wildman–Crippen LogP) is 3.44. The fraction of sp³-hybridized carbons (Fsp3) is 0.538. The Bertz CT molecular complexity index is 389. The largest absolute Gasteiger partial charge is 0.397 e. The Balaban J connectivity index is 2.17. The topological polar surface area (TPSA) is 29.3 Å². The molecule has 1 aliphatic rings. The Morgan fingerprint density at radius 1 is 1.41 bits per heavy atom. The Morgan fingerprint density at radius 2 is 2.12 bits per heavy atom. The van der Waals surface area contributed by atoms with Crippen LogP contribution in [0.3, 0.4) is 0 Å². The number of anilines is 2. The van der Waals surface area contributed by atoms with Crippen LogP contribution in [0.1, 0.15) is 31.8 Å². The molecule has 0 unspecified atom stereocenters. The summed E-state index contributed by atoms with van der Waals surface area (Å²) in [6.45, 7) is 3.90. The molecule has 1 saturated carbocycles. The van der Waals surface area contributed by atoms with E-state index in [1.165, 1.54) is 25.0 Å². The minimum Gasteiger partial charge on any atom is -0.397 e. The van der Waals surface area contributed by atoms with Gasteiger partial charge in [0.1, 0.15) is 0 Å². The molecule has 2 nitrogen and oxygen atoms in total. The Kier molecular flexibility index (Phi) is 3.50. The molecule has 0 saturated heterocycles. The molecule has 17 heavy (non-hydrogen) atoms.